The third-order valence-electron chi connectivity index (χ3n) is 3.07. The van der Waals surface area contributed by atoms with E-state index in [-0.39, 0.29) is 0 Å². The number of rotatable bonds is 6. The summed E-state index contributed by atoms with van der Waals surface area (Å²) in [7, 11) is 1.83. The number of nitrogens with zero attached hydrogens (tertiary/aromatic N) is 2. The van der Waals surface area contributed by atoms with Crippen LogP contribution in [0.1, 0.15) is 12.0 Å². The van der Waals surface area contributed by atoms with Crippen molar-refractivity contribution in [3.8, 4) is 6.07 Å². The van der Waals surface area contributed by atoms with Gasteiger partial charge >= 0.3 is 0 Å². The summed E-state index contributed by atoms with van der Waals surface area (Å²) in [6, 6.07) is 12.2. The molecule has 0 amide bonds. The predicted octanol–water partition coefficient (Wildman–Crippen LogP) is 2.53. The number of nitrogens with one attached hydrogen (secondary N) is 2. The molecule has 0 saturated heterocycles. The second kappa shape index (κ2) is 6.41. The van der Waals surface area contributed by atoms with E-state index in [9.17, 15) is 5.26 Å². The molecule has 1 aromatic carbocycles. The van der Waals surface area contributed by atoms with Crippen molar-refractivity contribution in [3.63, 3.8) is 0 Å². The van der Waals surface area contributed by atoms with Crippen molar-refractivity contribution in [1.82, 2.24) is 15.3 Å². The Morgan fingerprint density at radius 1 is 1.42 bits per heavy atom. The van der Waals surface area contributed by atoms with Crippen LogP contribution >= 0.6 is 11.8 Å². The zero-order chi connectivity index (χ0) is 13.6. The van der Waals surface area contributed by atoms with Gasteiger partial charge in [0.25, 0.3) is 0 Å². The predicted molar refractivity (Wildman–Crippen MR) is 76.7 cm³/mol. The molecule has 2 N–H and O–H groups in total. The van der Waals surface area contributed by atoms with Crippen molar-refractivity contribution in [2.75, 3.05) is 12.8 Å². The third-order valence-corrected chi connectivity index (χ3v) is 3.98. The summed E-state index contributed by atoms with van der Waals surface area (Å²) in [4.78, 5) is 7.21. The molecule has 0 aliphatic carbocycles. The van der Waals surface area contributed by atoms with Gasteiger partial charge in [0.2, 0.25) is 0 Å². The van der Waals surface area contributed by atoms with E-state index in [2.05, 4.69) is 21.4 Å². The number of benzene rings is 1. The van der Waals surface area contributed by atoms with Gasteiger partial charge in [0, 0.05) is 18.1 Å². The molecule has 0 fully saturated rings. The lowest BCUT2D eigenvalue weighted by Gasteiger charge is -2.26. The number of imidazole rings is 1. The largest absolute Gasteiger partial charge is 0.340 e. The minimum Gasteiger partial charge on any atom is -0.340 e. The Balaban J connectivity index is 2.06. The van der Waals surface area contributed by atoms with Gasteiger partial charge in [-0.15, -0.1) is 0 Å². The summed E-state index contributed by atoms with van der Waals surface area (Å²) >= 11 is 1.62. The van der Waals surface area contributed by atoms with Crippen molar-refractivity contribution < 1.29 is 0 Å². The van der Waals surface area contributed by atoms with Crippen molar-refractivity contribution in [2.24, 2.45) is 0 Å². The molecule has 2 aromatic rings. The Morgan fingerprint density at radius 2 is 2.21 bits per heavy atom. The van der Waals surface area contributed by atoms with Gasteiger partial charge in [0.15, 0.2) is 5.16 Å². The molecular weight excluding hydrogens is 256 g/mol. The molecular formula is C14H16N4S. The van der Waals surface area contributed by atoms with Gasteiger partial charge in [-0.2, -0.15) is 5.26 Å². The van der Waals surface area contributed by atoms with Gasteiger partial charge in [-0.05, 0) is 19.0 Å². The maximum Gasteiger partial charge on any atom is 0.165 e. The van der Waals surface area contributed by atoms with E-state index in [0.717, 1.165) is 22.9 Å². The topological polar surface area (TPSA) is 64.5 Å². The summed E-state index contributed by atoms with van der Waals surface area (Å²) in [6.07, 6.45) is 4.25. The number of nitriles is 1. The molecule has 1 aromatic heterocycles. The Hall–Kier alpha value is -1.77. The lowest BCUT2D eigenvalue weighted by Crippen LogP contribution is -2.39. The van der Waals surface area contributed by atoms with Crippen molar-refractivity contribution in [1.29, 1.82) is 5.26 Å². The van der Waals surface area contributed by atoms with Crippen LogP contribution in [0, 0.1) is 11.3 Å². The average molecular weight is 272 g/mol. The highest BCUT2D eigenvalue weighted by molar-refractivity contribution is 7.99. The smallest absolute Gasteiger partial charge is 0.165 e. The van der Waals surface area contributed by atoms with E-state index in [4.69, 9.17) is 0 Å². The number of hydrogen-bond donors (Lipinski definition) is 2. The first-order chi connectivity index (χ1) is 9.30. The van der Waals surface area contributed by atoms with E-state index < -0.39 is 5.54 Å². The van der Waals surface area contributed by atoms with Crippen LogP contribution in [0.2, 0.25) is 0 Å². The Morgan fingerprint density at radius 3 is 2.79 bits per heavy atom. The van der Waals surface area contributed by atoms with Crippen LogP contribution in [0.3, 0.4) is 0 Å². The fraction of sp³-hybridized carbons (Fsp3) is 0.286. The summed E-state index contributed by atoms with van der Waals surface area (Å²) < 4.78 is 0. The number of aromatic nitrogens is 2. The summed E-state index contributed by atoms with van der Waals surface area (Å²) in [5.74, 6) is 0.816. The number of H-pyrrole nitrogens is 1. The summed E-state index contributed by atoms with van der Waals surface area (Å²) in [5.41, 5.74) is 0.362. The molecule has 5 heteroatoms. The van der Waals surface area contributed by atoms with E-state index in [1.807, 2.05) is 37.4 Å². The van der Waals surface area contributed by atoms with Crippen molar-refractivity contribution in [2.45, 2.75) is 17.1 Å². The van der Waals surface area contributed by atoms with Crippen molar-refractivity contribution >= 4 is 11.8 Å². The molecule has 0 spiro atoms. The fourth-order valence-electron chi connectivity index (χ4n) is 1.94. The molecule has 4 nitrogen and oxygen atoms in total. The molecule has 1 atom stereocenters. The van der Waals surface area contributed by atoms with Gasteiger partial charge in [0.1, 0.15) is 5.54 Å². The molecule has 0 bridgehead atoms. The molecule has 2 rings (SSSR count). The highest BCUT2D eigenvalue weighted by atomic mass is 32.2. The zero-order valence-electron chi connectivity index (χ0n) is 10.8. The number of aromatic amines is 1. The molecule has 19 heavy (non-hydrogen) atoms. The first-order valence-electron chi connectivity index (χ1n) is 6.08. The minimum atomic E-state index is -0.638. The van der Waals surface area contributed by atoms with E-state index in [0.29, 0.717) is 0 Å². The zero-order valence-corrected chi connectivity index (χ0v) is 11.6. The fourth-order valence-corrected chi connectivity index (χ4v) is 2.83. The van der Waals surface area contributed by atoms with Crippen LogP contribution in [0.4, 0.5) is 0 Å². The standard InChI is InChI=1S/C14H16N4S/c1-16-14(11-15,12-5-3-2-4-6-12)7-10-19-13-17-8-9-18-13/h2-6,8-9,16H,7,10H2,1H3,(H,17,18). The van der Waals surface area contributed by atoms with Gasteiger partial charge in [-0.25, -0.2) is 4.98 Å². The van der Waals surface area contributed by atoms with E-state index >= 15 is 0 Å². The lowest BCUT2D eigenvalue weighted by molar-refractivity contribution is 0.456. The molecule has 0 radical (unpaired) electrons. The normalized spacial score (nSPS) is 13.7. The van der Waals surface area contributed by atoms with Crippen LogP contribution in [0.15, 0.2) is 47.9 Å². The Kier molecular flexibility index (Phi) is 4.61. The highest BCUT2D eigenvalue weighted by Crippen LogP contribution is 2.27. The molecule has 0 saturated carbocycles. The second-order valence-corrected chi connectivity index (χ2v) is 5.21. The molecule has 1 heterocycles. The number of hydrogen-bond acceptors (Lipinski definition) is 4. The maximum absolute atomic E-state index is 9.54. The quantitative estimate of drug-likeness (QED) is 0.793. The Bertz CT molecular complexity index is 532. The minimum absolute atomic E-state index is 0.638. The molecule has 0 aliphatic rings. The van der Waals surface area contributed by atoms with Crippen LogP contribution in [0.25, 0.3) is 0 Å². The molecule has 0 aliphatic heterocycles. The summed E-state index contributed by atoms with van der Waals surface area (Å²) in [5, 5.41) is 13.6. The van der Waals surface area contributed by atoms with E-state index in [1.54, 1.807) is 24.2 Å². The first kappa shape index (κ1) is 13.7. The van der Waals surface area contributed by atoms with Crippen molar-refractivity contribution in [3.05, 3.63) is 48.3 Å². The summed E-state index contributed by atoms with van der Waals surface area (Å²) in [6.45, 7) is 0. The maximum atomic E-state index is 9.54. The Labute approximate surface area is 117 Å². The number of thioether (sulfide) groups is 1. The van der Waals surface area contributed by atoms with Gasteiger partial charge in [-0.1, -0.05) is 42.1 Å². The average Bonchev–Trinajstić information content (AvgIpc) is 2.98. The van der Waals surface area contributed by atoms with Crippen LogP contribution in [-0.4, -0.2) is 22.8 Å². The van der Waals surface area contributed by atoms with Gasteiger partial charge in [0.05, 0.1) is 6.07 Å². The van der Waals surface area contributed by atoms with Crippen LogP contribution in [-0.2, 0) is 5.54 Å². The van der Waals surface area contributed by atoms with Crippen LogP contribution < -0.4 is 5.32 Å². The van der Waals surface area contributed by atoms with Gasteiger partial charge in [-0.3, -0.25) is 5.32 Å². The second-order valence-electron chi connectivity index (χ2n) is 4.13. The third kappa shape index (κ3) is 3.16. The highest BCUT2D eigenvalue weighted by Gasteiger charge is 2.29. The lowest BCUT2D eigenvalue weighted by atomic mass is 9.89. The molecule has 1 unspecified atom stereocenters. The molecule has 98 valence electrons. The first-order valence-corrected chi connectivity index (χ1v) is 7.07. The van der Waals surface area contributed by atoms with Crippen LogP contribution in [0.5, 0.6) is 0 Å². The SMILES string of the molecule is CNC(C#N)(CCSc1ncc[nH]1)c1ccccc1. The van der Waals surface area contributed by atoms with Gasteiger partial charge < -0.3 is 4.98 Å². The van der Waals surface area contributed by atoms with E-state index in [1.165, 1.54) is 0 Å². The monoisotopic (exact) mass is 272 g/mol.